The van der Waals surface area contributed by atoms with Gasteiger partial charge in [0.1, 0.15) is 18.1 Å². The van der Waals surface area contributed by atoms with Gasteiger partial charge in [0.05, 0.1) is 16.4 Å². The Labute approximate surface area is 213 Å². The molecule has 2 amide bonds. The molecule has 0 aliphatic carbocycles. The van der Waals surface area contributed by atoms with Crippen molar-refractivity contribution in [2.45, 2.75) is 58.6 Å². The fraction of sp³-hybridized carbons (Fsp3) is 0.500. The van der Waals surface area contributed by atoms with Gasteiger partial charge in [0.15, 0.2) is 6.10 Å². The van der Waals surface area contributed by atoms with Crippen molar-refractivity contribution in [1.29, 1.82) is 0 Å². The summed E-state index contributed by atoms with van der Waals surface area (Å²) in [6.45, 7) is 5.33. The molecule has 35 heavy (non-hydrogen) atoms. The van der Waals surface area contributed by atoms with Crippen LogP contribution in [-0.4, -0.2) is 47.2 Å². The van der Waals surface area contributed by atoms with Crippen LogP contribution in [0.5, 0.6) is 0 Å². The van der Waals surface area contributed by atoms with E-state index in [0.29, 0.717) is 35.3 Å². The molecular weight excluding hydrogens is 518 g/mol. The highest BCUT2D eigenvalue weighted by Gasteiger charge is 2.46. The molecule has 1 aromatic carbocycles. The summed E-state index contributed by atoms with van der Waals surface area (Å²) in [5.41, 5.74) is 0.852. The fourth-order valence-electron chi connectivity index (χ4n) is 4.20. The fourth-order valence-corrected chi connectivity index (χ4v) is 4.71. The summed E-state index contributed by atoms with van der Waals surface area (Å²) in [5.74, 6) is -1.02. The molecule has 1 N–H and O–H groups in total. The molecule has 0 unspecified atom stereocenters. The molecule has 1 aromatic heterocycles. The predicted octanol–water partition coefficient (Wildman–Crippen LogP) is 4.82. The average molecular weight is 550 g/mol. The van der Waals surface area contributed by atoms with Gasteiger partial charge in [-0.3, -0.25) is 9.59 Å². The summed E-state index contributed by atoms with van der Waals surface area (Å²) in [4.78, 5) is 39.8. The summed E-state index contributed by atoms with van der Waals surface area (Å²) in [6.07, 6.45) is 0.382. The van der Waals surface area contributed by atoms with Crippen molar-refractivity contribution < 1.29 is 33.4 Å². The second-order valence-corrected chi connectivity index (χ2v) is 9.88. The first-order valence-corrected chi connectivity index (χ1v) is 12.6. The number of carbonyl (C=O) groups is 3. The van der Waals surface area contributed by atoms with Crippen LogP contribution in [0.3, 0.4) is 0 Å². The van der Waals surface area contributed by atoms with E-state index in [2.05, 4.69) is 15.9 Å². The number of furan rings is 1. The van der Waals surface area contributed by atoms with Gasteiger partial charge in [-0.25, -0.2) is 9.69 Å². The number of nitrogens with zero attached hydrogens (tertiary/aromatic N) is 1. The number of hydrogen-bond donors (Lipinski definition) is 1. The number of rotatable bonds is 11. The lowest BCUT2D eigenvalue weighted by Crippen LogP contribution is -2.47. The van der Waals surface area contributed by atoms with Gasteiger partial charge < -0.3 is 19.0 Å². The van der Waals surface area contributed by atoms with E-state index in [4.69, 9.17) is 19.0 Å². The summed E-state index contributed by atoms with van der Waals surface area (Å²) >= 11 is 3.50. The van der Waals surface area contributed by atoms with E-state index >= 15 is 0 Å². The molecule has 190 valence electrons. The average Bonchev–Trinajstić information content (AvgIpc) is 3.39. The lowest BCUT2D eigenvalue weighted by atomic mass is 9.90. The minimum Gasteiger partial charge on any atom is -0.461 e. The van der Waals surface area contributed by atoms with Crippen molar-refractivity contribution in [2.75, 3.05) is 13.2 Å². The van der Waals surface area contributed by atoms with Crippen molar-refractivity contribution in [3.05, 3.63) is 58.0 Å². The number of aliphatic hydroxyl groups excluding tert-OH is 1. The monoisotopic (exact) mass is 549 g/mol. The second-order valence-electron chi connectivity index (χ2n) is 9.02. The zero-order valence-electron chi connectivity index (χ0n) is 20.2. The Hall–Kier alpha value is -2.65. The van der Waals surface area contributed by atoms with Gasteiger partial charge in [0, 0.05) is 20.0 Å². The molecule has 2 aromatic rings. The third-order valence-electron chi connectivity index (χ3n) is 6.06. The van der Waals surface area contributed by atoms with E-state index in [0.717, 1.165) is 10.5 Å². The molecule has 1 aliphatic heterocycles. The first-order chi connectivity index (χ1) is 16.7. The first-order valence-electron chi connectivity index (χ1n) is 11.8. The van der Waals surface area contributed by atoms with E-state index in [1.54, 1.807) is 6.07 Å². The number of amides is 2. The van der Waals surface area contributed by atoms with Crippen molar-refractivity contribution in [3.63, 3.8) is 0 Å². The Morgan fingerprint density at radius 2 is 1.94 bits per heavy atom. The molecule has 9 heteroatoms. The number of aliphatic hydroxyl groups is 1. The molecule has 3 rings (SSSR count). The van der Waals surface area contributed by atoms with E-state index in [1.165, 1.54) is 6.92 Å². The number of hydrogen-bond acceptors (Lipinski definition) is 7. The number of unbranched alkanes of at least 4 members (excludes halogenated alkanes) is 1. The number of carbonyl (C=O) groups excluding carboxylic acids is 3. The molecule has 0 radical (unpaired) electrons. The molecule has 0 spiro atoms. The number of esters is 1. The smallest absolute Gasteiger partial charge is 0.416 e. The molecular formula is C26H32BrNO7. The zero-order valence-corrected chi connectivity index (χ0v) is 21.8. The van der Waals surface area contributed by atoms with Gasteiger partial charge in [-0.2, -0.15) is 0 Å². The van der Waals surface area contributed by atoms with Crippen molar-refractivity contribution in [3.8, 4) is 0 Å². The Morgan fingerprint density at radius 1 is 1.23 bits per heavy atom. The van der Waals surface area contributed by atoms with Crippen LogP contribution in [0.2, 0.25) is 0 Å². The Bertz CT molecular complexity index is 1020. The Morgan fingerprint density at radius 3 is 2.57 bits per heavy atom. The van der Waals surface area contributed by atoms with Crippen molar-refractivity contribution in [1.82, 2.24) is 4.90 Å². The number of halogens is 1. The number of ether oxygens (including phenoxy) is 2. The molecule has 1 saturated heterocycles. The van der Waals surface area contributed by atoms with Crippen molar-refractivity contribution >= 4 is 33.9 Å². The van der Waals surface area contributed by atoms with E-state index in [9.17, 15) is 14.4 Å². The van der Waals surface area contributed by atoms with Gasteiger partial charge >= 0.3 is 12.1 Å². The normalized spacial score (nSPS) is 17.4. The van der Waals surface area contributed by atoms with Gasteiger partial charge in [-0.15, -0.1) is 0 Å². The van der Waals surface area contributed by atoms with Gasteiger partial charge in [0.25, 0.3) is 0 Å². The van der Waals surface area contributed by atoms with Crippen LogP contribution in [0.15, 0.2) is 45.3 Å². The quantitative estimate of drug-likeness (QED) is 0.316. The summed E-state index contributed by atoms with van der Waals surface area (Å²) in [7, 11) is 0. The third kappa shape index (κ3) is 6.73. The molecule has 8 nitrogen and oxygen atoms in total. The van der Waals surface area contributed by atoms with Gasteiger partial charge in [0.2, 0.25) is 5.91 Å². The van der Waals surface area contributed by atoms with Crippen LogP contribution in [0, 0.1) is 11.8 Å². The summed E-state index contributed by atoms with van der Waals surface area (Å²) in [6, 6.07) is 10.7. The van der Waals surface area contributed by atoms with Gasteiger partial charge in [-0.1, -0.05) is 44.2 Å². The molecule has 0 bridgehead atoms. The third-order valence-corrected chi connectivity index (χ3v) is 6.73. The minimum absolute atomic E-state index is 0.00849. The lowest BCUT2D eigenvalue weighted by molar-refractivity contribution is -0.155. The Kier molecular flexibility index (Phi) is 9.51. The molecule has 1 aliphatic rings. The maximum atomic E-state index is 13.9. The molecule has 3 atom stereocenters. The number of benzene rings is 1. The van der Waals surface area contributed by atoms with Crippen LogP contribution in [0.1, 0.15) is 56.8 Å². The van der Waals surface area contributed by atoms with E-state index < -0.39 is 36.0 Å². The van der Waals surface area contributed by atoms with Crippen LogP contribution in [-0.2, 0) is 31.9 Å². The van der Waals surface area contributed by atoms with Crippen LogP contribution in [0.4, 0.5) is 4.79 Å². The predicted molar refractivity (Wildman–Crippen MR) is 131 cm³/mol. The highest BCUT2D eigenvalue weighted by atomic mass is 79.9. The Balaban J connectivity index is 2.02. The van der Waals surface area contributed by atoms with Crippen LogP contribution in [0.25, 0.3) is 0 Å². The maximum Gasteiger partial charge on any atom is 0.416 e. The molecule has 0 saturated carbocycles. The highest BCUT2D eigenvalue weighted by Crippen LogP contribution is 2.37. The number of aryl methyl sites for hydroxylation is 1. The SMILES string of the molecule is CC(=O)O[C@@H](c1cc(Br)c(CCCCO)o1)[C@@H](Cc1ccccc1)C(=O)N1C(=O)OC[C@H]1C(C)C. The topological polar surface area (TPSA) is 106 Å². The molecule has 2 heterocycles. The minimum atomic E-state index is -1.05. The highest BCUT2D eigenvalue weighted by molar-refractivity contribution is 9.10. The van der Waals surface area contributed by atoms with E-state index in [-0.39, 0.29) is 25.6 Å². The lowest BCUT2D eigenvalue weighted by Gasteiger charge is -2.30. The standard InChI is InChI=1S/C26H32BrNO7/c1-16(2)21-15-33-26(32)28(21)25(31)19(13-18-9-5-4-6-10-18)24(34-17(3)30)23-14-20(27)22(35-23)11-7-8-12-29/h4-6,9-10,14,16,19,21,24,29H,7-8,11-13,15H2,1-3H3/t19-,21+,24-/m1/s1. The maximum absolute atomic E-state index is 13.9. The molecule has 1 fully saturated rings. The first kappa shape index (κ1) is 26.9. The largest absolute Gasteiger partial charge is 0.461 e. The van der Waals surface area contributed by atoms with Crippen LogP contribution < -0.4 is 0 Å². The summed E-state index contributed by atoms with van der Waals surface area (Å²) in [5, 5.41) is 9.09. The second kappa shape index (κ2) is 12.4. The number of imide groups is 1. The van der Waals surface area contributed by atoms with Crippen LogP contribution >= 0.6 is 15.9 Å². The zero-order chi connectivity index (χ0) is 25.5. The van der Waals surface area contributed by atoms with Gasteiger partial charge in [-0.05, 0) is 52.7 Å². The summed E-state index contributed by atoms with van der Waals surface area (Å²) < 4.78 is 17.6. The number of cyclic esters (lactones) is 1. The van der Waals surface area contributed by atoms with Crippen molar-refractivity contribution in [2.24, 2.45) is 11.8 Å². The van der Waals surface area contributed by atoms with E-state index in [1.807, 2.05) is 44.2 Å².